The van der Waals surface area contributed by atoms with E-state index in [1.807, 2.05) is 20.9 Å². The highest BCUT2D eigenvalue weighted by molar-refractivity contribution is 7.15. The molecule has 8 heteroatoms. The van der Waals surface area contributed by atoms with E-state index in [9.17, 15) is 9.59 Å². The number of benzene rings is 1. The second-order valence-corrected chi connectivity index (χ2v) is 8.14. The first-order valence-electron chi connectivity index (χ1n) is 10.3. The molecule has 0 spiro atoms. The van der Waals surface area contributed by atoms with E-state index in [1.54, 1.807) is 23.2 Å². The van der Waals surface area contributed by atoms with Crippen LogP contribution in [0.4, 0.5) is 4.79 Å². The van der Waals surface area contributed by atoms with Crippen LogP contribution in [0.25, 0.3) is 16.2 Å². The highest BCUT2D eigenvalue weighted by Gasteiger charge is 2.25. The summed E-state index contributed by atoms with van der Waals surface area (Å²) in [5.74, 6) is 0.0701. The van der Waals surface area contributed by atoms with Crippen molar-refractivity contribution < 1.29 is 14.3 Å². The van der Waals surface area contributed by atoms with E-state index in [-0.39, 0.29) is 12.0 Å². The van der Waals surface area contributed by atoms with E-state index in [4.69, 9.17) is 9.72 Å². The summed E-state index contributed by atoms with van der Waals surface area (Å²) >= 11 is 1.55. The monoisotopic (exact) mass is 426 g/mol. The number of hydrogen-bond donors (Lipinski definition) is 0. The van der Waals surface area contributed by atoms with E-state index in [0.717, 1.165) is 28.3 Å². The topological polar surface area (TPSA) is 67.2 Å². The van der Waals surface area contributed by atoms with Gasteiger partial charge in [0.1, 0.15) is 0 Å². The normalized spacial score (nSPS) is 14.3. The molecule has 0 unspecified atom stereocenters. The van der Waals surface area contributed by atoms with Crippen molar-refractivity contribution in [2.24, 2.45) is 0 Å². The number of fused-ring (bicyclic) bond motifs is 1. The minimum Gasteiger partial charge on any atom is -0.450 e. The van der Waals surface area contributed by atoms with E-state index in [1.165, 1.54) is 5.56 Å². The Labute approximate surface area is 179 Å². The Balaban J connectivity index is 1.42. The lowest BCUT2D eigenvalue weighted by molar-refractivity contribution is -0.132. The number of thiazole rings is 1. The van der Waals surface area contributed by atoms with Gasteiger partial charge >= 0.3 is 6.09 Å². The number of aryl methyl sites for hydroxylation is 1. The first-order chi connectivity index (χ1) is 14.6. The number of amides is 2. The quantitative estimate of drug-likeness (QED) is 0.627. The Hall–Kier alpha value is -2.87. The third-order valence-corrected chi connectivity index (χ3v) is 6.32. The van der Waals surface area contributed by atoms with Crippen molar-refractivity contribution in [1.29, 1.82) is 0 Å². The van der Waals surface area contributed by atoms with Crippen molar-refractivity contribution in [2.45, 2.75) is 26.7 Å². The van der Waals surface area contributed by atoms with Crippen LogP contribution in [0.15, 0.2) is 35.8 Å². The molecule has 30 heavy (non-hydrogen) atoms. The third-order valence-electron chi connectivity index (χ3n) is 5.43. The molecule has 1 saturated heterocycles. The molecule has 1 fully saturated rings. The smallest absolute Gasteiger partial charge is 0.409 e. The molecule has 1 aromatic carbocycles. The van der Waals surface area contributed by atoms with E-state index >= 15 is 0 Å². The molecule has 0 bridgehead atoms. The zero-order chi connectivity index (χ0) is 21.1. The molecule has 158 valence electrons. The van der Waals surface area contributed by atoms with Crippen molar-refractivity contribution in [3.63, 3.8) is 0 Å². The van der Waals surface area contributed by atoms with E-state index < -0.39 is 0 Å². The van der Waals surface area contributed by atoms with Gasteiger partial charge in [-0.2, -0.15) is 0 Å². The molecule has 0 N–H and O–H groups in total. The highest BCUT2D eigenvalue weighted by atomic mass is 32.1. The van der Waals surface area contributed by atoms with Crippen LogP contribution in [0.5, 0.6) is 0 Å². The molecule has 3 heterocycles. The van der Waals surface area contributed by atoms with Gasteiger partial charge in [-0.25, -0.2) is 9.78 Å². The van der Waals surface area contributed by atoms with Crippen molar-refractivity contribution in [3.8, 4) is 11.3 Å². The van der Waals surface area contributed by atoms with Crippen molar-refractivity contribution in [2.75, 3.05) is 32.8 Å². The number of aromatic nitrogens is 2. The molecule has 1 aliphatic rings. The lowest BCUT2D eigenvalue weighted by Crippen LogP contribution is -2.51. The Kier molecular flexibility index (Phi) is 6.03. The molecule has 2 aromatic heterocycles. The van der Waals surface area contributed by atoms with Gasteiger partial charge in [0.15, 0.2) is 4.96 Å². The van der Waals surface area contributed by atoms with Crippen LogP contribution < -0.4 is 0 Å². The molecular weight excluding hydrogens is 400 g/mol. The Morgan fingerprint density at radius 3 is 2.43 bits per heavy atom. The minimum atomic E-state index is -0.304. The molecule has 0 saturated carbocycles. The van der Waals surface area contributed by atoms with Gasteiger partial charge in [-0.1, -0.05) is 31.2 Å². The number of carbonyl (C=O) groups is 2. The average molecular weight is 427 g/mol. The minimum absolute atomic E-state index is 0.0701. The number of ether oxygens (including phenoxy) is 1. The maximum Gasteiger partial charge on any atom is 0.409 e. The Morgan fingerprint density at radius 2 is 1.77 bits per heavy atom. The predicted molar refractivity (Wildman–Crippen MR) is 117 cm³/mol. The first kappa shape index (κ1) is 20.4. The van der Waals surface area contributed by atoms with E-state index in [2.05, 4.69) is 31.2 Å². The van der Waals surface area contributed by atoms with Gasteiger partial charge in [0, 0.05) is 49.0 Å². The Bertz CT molecular complexity index is 1030. The first-order valence-corrected chi connectivity index (χ1v) is 11.2. The van der Waals surface area contributed by atoms with Crippen LogP contribution >= 0.6 is 11.3 Å². The highest BCUT2D eigenvalue weighted by Crippen LogP contribution is 2.24. The second kappa shape index (κ2) is 8.87. The summed E-state index contributed by atoms with van der Waals surface area (Å²) in [7, 11) is 0. The van der Waals surface area contributed by atoms with E-state index in [0.29, 0.717) is 39.2 Å². The SMILES string of the molecule is CCOC(=O)N1CCN(C(=O)Cc2csc3nc(-c4ccc(CC)cc4)cn23)CC1. The fourth-order valence-electron chi connectivity index (χ4n) is 3.63. The summed E-state index contributed by atoms with van der Waals surface area (Å²) in [6.07, 6.45) is 3.04. The summed E-state index contributed by atoms with van der Waals surface area (Å²) in [5.41, 5.74) is 4.24. The lowest BCUT2D eigenvalue weighted by Gasteiger charge is -2.34. The van der Waals surface area contributed by atoms with Gasteiger partial charge in [-0.15, -0.1) is 11.3 Å². The summed E-state index contributed by atoms with van der Waals surface area (Å²) < 4.78 is 7.05. The molecule has 7 nitrogen and oxygen atoms in total. The van der Waals surface area contributed by atoms with Crippen LogP contribution in [0, 0.1) is 0 Å². The molecule has 3 aromatic rings. The molecule has 4 rings (SSSR count). The average Bonchev–Trinajstić information content (AvgIpc) is 3.36. The number of nitrogens with zero attached hydrogens (tertiary/aromatic N) is 4. The maximum absolute atomic E-state index is 12.8. The summed E-state index contributed by atoms with van der Waals surface area (Å²) in [4.78, 5) is 33.7. The number of imidazole rings is 1. The fourth-order valence-corrected chi connectivity index (χ4v) is 4.50. The summed E-state index contributed by atoms with van der Waals surface area (Å²) in [6.45, 7) is 6.37. The number of rotatable bonds is 5. The molecule has 0 aliphatic carbocycles. The largest absolute Gasteiger partial charge is 0.450 e. The fraction of sp³-hybridized carbons (Fsp3) is 0.409. The molecular formula is C22H26N4O3S. The lowest BCUT2D eigenvalue weighted by atomic mass is 10.1. The number of piperazine rings is 1. The van der Waals surface area contributed by atoms with Crippen molar-refractivity contribution in [3.05, 3.63) is 47.1 Å². The van der Waals surface area contributed by atoms with Gasteiger partial charge in [-0.3, -0.25) is 9.20 Å². The summed E-state index contributed by atoms with van der Waals surface area (Å²) in [6, 6.07) is 8.45. The van der Waals surface area contributed by atoms with Crippen LogP contribution in [0.1, 0.15) is 25.1 Å². The van der Waals surface area contributed by atoms with Crippen molar-refractivity contribution in [1.82, 2.24) is 19.2 Å². The van der Waals surface area contributed by atoms with Gasteiger partial charge in [0.05, 0.1) is 18.7 Å². The summed E-state index contributed by atoms with van der Waals surface area (Å²) in [5, 5.41) is 2.00. The predicted octanol–water partition coefficient (Wildman–Crippen LogP) is 3.47. The zero-order valence-corrected chi connectivity index (χ0v) is 18.2. The van der Waals surface area contributed by atoms with Crippen LogP contribution in [0.2, 0.25) is 0 Å². The van der Waals surface area contributed by atoms with Gasteiger partial charge in [0.2, 0.25) is 5.91 Å². The third kappa shape index (κ3) is 4.18. The molecule has 0 radical (unpaired) electrons. The Morgan fingerprint density at radius 1 is 1.07 bits per heavy atom. The molecule has 2 amide bonds. The standard InChI is InChI=1S/C22H26N4O3S/c1-3-16-5-7-17(8-6-16)19-14-26-18(15-30-21(26)23-19)13-20(27)24-9-11-25(12-10-24)22(28)29-4-2/h5-8,14-15H,3-4,9-13H2,1-2H3. The second-order valence-electron chi connectivity index (χ2n) is 7.30. The van der Waals surface area contributed by atoms with Gasteiger partial charge in [0.25, 0.3) is 0 Å². The molecule has 0 atom stereocenters. The number of hydrogen-bond acceptors (Lipinski definition) is 5. The van der Waals surface area contributed by atoms with Crippen molar-refractivity contribution >= 4 is 28.3 Å². The number of carbonyl (C=O) groups excluding carboxylic acids is 2. The molecule has 1 aliphatic heterocycles. The van der Waals surface area contributed by atoms with Gasteiger partial charge in [-0.05, 0) is 18.9 Å². The van der Waals surface area contributed by atoms with Crippen LogP contribution in [-0.2, 0) is 22.4 Å². The van der Waals surface area contributed by atoms with Crippen LogP contribution in [-0.4, -0.2) is 64.0 Å². The van der Waals surface area contributed by atoms with Gasteiger partial charge < -0.3 is 14.5 Å². The van der Waals surface area contributed by atoms with Crippen LogP contribution in [0.3, 0.4) is 0 Å². The zero-order valence-electron chi connectivity index (χ0n) is 17.3. The maximum atomic E-state index is 12.8.